The van der Waals surface area contributed by atoms with Crippen molar-refractivity contribution in [3.63, 3.8) is 0 Å². The topological polar surface area (TPSA) is 69.4 Å². The fourth-order valence-electron chi connectivity index (χ4n) is 1.05. The van der Waals surface area contributed by atoms with E-state index in [1.807, 2.05) is 0 Å². The number of nitrogens with two attached hydrogens (primary N) is 1. The van der Waals surface area contributed by atoms with Crippen molar-refractivity contribution >= 4 is 9.84 Å². The Hall–Kier alpha value is -0.130. The van der Waals surface area contributed by atoms with Crippen molar-refractivity contribution in [2.45, 2.75) is 26.2 Å². The highest BCUT2D eigenvalue weighted by Gasteiger charge is 2.09. The maximum atomic E-state index is 11.4. The molecule has 86 valence electrons. The largest absolute Gasteiger partial charge is 0.379 e. The molecule has 0 spiro atoms. The Morgan fingerprint density at radius 1 is 1.14 bits per heavy atom. The molecule has 0 aliphatic heterocycles. The molecule has 14 heavy (non-hydrogen) atoms. The molecule has 0 saturated heterocycles. The fourth-order valence-corrected chi connectivity index (χ4v) is 2.27. The maximum absolute atomic E-state index is 11.4. The van der Waals surface area contributed by atoms with E-state index in [0.717, 1.165) is 19.3 Å². The lowest BCUT2D eigenvalue weighted by atomic mass is 10.3. The molecule has 0 fully saturated rings. The van der Waals surface area contributed by atoms with Crippen molar-refractivity contribution in [2.24, 2.45) is 5.73 Å². The molecule has 0 heterocycles. The molecule has 0 saturated carbocycles. The molecule has 0 aliphatic rings. The SMILES string of the molecule is CCCCCS(=O)(=O)CCOCCN. The first-order valence-corrected chi connectivity index (χ1v) is 6.92. The van der Waals surface area contributed by atoms with E-state index >= 15 is 0 Å². The van der Waals surface area contributed by atoms with Crippen LogP contribution in [0.5, 0.6) is 0 Å². The van der Waals surface area contributed by atoms with Gasteiger partial charge in [-0.25, -0.2) is 8.42 Å². The molecule has 4 nitrogen and oxygen atoms in total. The van der Waals surface area contributed by atoms with Gasteiger partial charge in [0.05, 0.1) is 24.7 Å². The third kappa shape index (κ3) is 8.47. The first-order chi connectivity index (χ1) is 6.62. The molecule has 0 rings (SSSR count). The van der Waals surface area contributed by atoms with Crippen LogP contribution in [0.15, 0.2) is 0 Å². The Balaban J connectivity index is 3.52. The van der Waals surface area contributed by atoms with Crippen molar-refractivity contribution in [1.29, 1.82) is 0 Å². The molecule has 0 aromatic heterocycles. The van der Waals surface area contributed by atoms with E-state index < -0.39 is 9.84 Å². The monoisotopic (exact) mass is 223 g/mol. The van der Waals surface area contributed by atoms with Crippen LogP contribution in [0.3, 0.4) is 0 Å². The highest BCUT2D eigenvalue weighted by Crippen LogP contribution is 2.00. The number of sulfone groups is 1. The van der Waals surface area contributed by atoms with Crippen LogP contribution in [-0.2, 0) is 14.6 Å². The Labute approximate surface area is 86.7 Å². The lowest BCUT2D eigenvalue weighted by Crippen LogP contribution is -2.18. The van der Waals surface area contributed by atoms with Crippen LogP contribution in [0.4, 0.5) is 0 Å². The van der Waals surface area contributed by atoms with Crippen LogP contribution in [0, 0.1) is 0 Å². The van der Waals surface area contributed by atoms with Crippen LogP contribution in [-0.4, -0.2) is 39.7 Å². The molecule has 0 aliphatic carbocycles. The summed E-state index contributed by atoms with van der Waals surface area (Å²) in [5, 5.41) is 0. The zero-order valence-corrected chi connectivity index (χ0v) is 9.68. The Morgan fingerprint density at radius 3 is 2.43 bits per heavy atom. The normalized spacial score (nSPS) is 11.9. The average Bonchev–Trinajstić information content (AvgIpc) is 2.13. The summed E-state index contributed by atoms with van der Waals surface area (Å²) >= 11 is 0. The minimum absolute atomic E-state index is 0.122. The Bertz CT molecular complexity index is 214. The standard InChI is InChI=1S/C9H21NO3S/c1-2-3-4-8-14(11,12)9-7-13-6-5-10/h2-10H2,1H3. The van der Waals surface area contributed by atoms with Gasteiger partial charge in [0.15, 0.2) is 9.84 Å². The van der Waals surface area contributed by atoms with Crippen molar-refractivity contribution in [3.8, 4) is 0 Å². The van der Waals surface area contributed by atoms with Crippen LogP contribution in [0.25, 0.3) is 0 Å². The van der Waals surface area contributed by atoms with Gasteiger partial charge in [0.1, 0.15) is 0 Å². The minimum Gasteiger partial charge on any atom is -0.379 e. The van der Waals surface area contributed by atoms with E-state index in [-0.39, 0.29) is 18.1 Å². The second kappa shape index (κ2) is 8.20. The Kier molecular flexibility index (Phi) is 8.12. The summed E-state index contributed by atoms with van der Waals surface area (Å²) in [6.45, 7) is 3.20. The number of unbranched alkanes of at least 4 members (excludes halogenated alkanes) is 2. The fraction of sp³-hybridized carbons (Fsp3) is 1.00. The first kappa shape index (κ1) is 13.9. The van der Waals surface area contributed by atoms with Gasteiger partial charge in [0.25, 0.3) is 0 Å². The third-order valence-electron chi connectivity index (χ3n) is 1.86. The van der Waals surface area contributed by atoms with E-state index in [2.05, 4.69) is 6.92 Å². The highest BCUT2D eigenvalue weighted by molar-refractivity contribution is 7.91. The second-order valence-corrected chi connectivity index (χ2v) is 5.56. The lowest BCUT2D eigenvalue weighted by molar-refractivity contribution is 0.157. The molecular formula is C9H21NO3S. The molecule has 0 unspecified atom stereocenters. The quantitative estimate of drug-likeness (QED) is 0.580. The predicted octanol–water partition coefficient (Wildman–Crippen LogP) is 0.567. The summed E-state index contributed by atoms with van der Waals surface area (Å²) in [7, 11) is -2.90. The number of ether oxygens (including phenoxy) is 1. The van der Waals surface area contributed by atoms with Crippen LogP contribution in [0.1, 0.15) is 26.2 Å². The van der Waals surface area contributed by atoms with Crippen LogP contribution < -0.4 is 5.73 Å². The van der Waals surface area contributed by atoms with Gasteiger partial charge in [-0.2, -0.15) is 0 Å². The summed E-state index contributed by atoms with van der Waals surface area (Å²) in [6, 6.07) is 0. The van der Waals surface area contributed by atoms with E-state index in [0.29, 0.717) is 13.2 Å². The second-order valence-electron chi connectivity index (χ2n) is 3.26. The molecule has 0 radical (unpaired) electrons. The van der Waals surface area contributed by atoms with Gasteiger partial charge >= 0.3 is 0 Å². The number of rotatable bonds is 9. The highest BCUT2D eigenvalue weighted by atomic mass is 32.2. The molecule has 0 aromatic carbocycles. The van der Waals surface area contributed by atoms with Gasteiger partial charge in [-0.05, 0) is 6.42 Å². The summed E-state index contributed by atoms with van der Waals surface area (Å²) in [5.41, 5.74) is 5.20. The van der Waals surface area contributed by atoms with E-state index in [1.165, 1.54) is 0 Å². The number of hydrogen-bond donors (Lipinski definition) is 1. The van der Waals surface area contributed by atoms with Crippen LogP contribution in [0.2, 0.25) is 0 Å². The van der Waals surface area contributed by atoms with Gasteiger partial charge in [-0.15, -0.1) is 0 Å². The molecular weight excluding hydrogens is 202 g/mol. The lowest BCUT2D eigenvalue weighted by Gasteiger charge is -2.04. The zero-order chi connectivity index (χ0) is 10.9. The van der Waals surface area contributed by atoms with E-state index in [1.54, 1.807) is 0 Å². The first-order valence-electron chi connectivity index (χ1n) is 5.10. The summed E-state index contributed by atoms with van der Waals surface area (Å²) in [4.78, 5) is 0. The van der Waals surface area contributed by atoms with Gasteiger partial charge in [-0.3, -0.25) is 0 Å². The van der Waals surface area contributed by atoms with Gasteiger partial charge in [0, 0.05) is 6.54 Å². The smallest absolute Gasteiger partial charge is 0.152 e. The maximum Gasteiger partial charge on any atom is 0.152 e. The Morgan fingerprint density at radius 2 is 1.86 bits per heavy atom. The summed E-state index contributed by atoms with van der Waals surface area (Å²) < 4.78 is 27.7. The van der Waals surface area contributed by atoms with Crippen molar-refractivity contribution < 1.29 is 13.2 Å². The molecule has 0 amide bonds. The molecule has 2 N–H and O–H groups in total. The number of hydrogen-bond acceptors (Lipinski definition) is 4. The predicted molar refractivity (Wildman–Crippen MR) is 58.1 cm³/mol. The molecule has 0 atom stereocenters. The van der Waals surface area contributed by atoms with Crippen molar-refractivity contribution in [3.05, 3.63) is 0 Å². The van der Waals surface area contributed by atoms with Crippen molar-refractivity contribution in [2.75, 3.05) is 31.3 Å². The van der Waals surface area contributed by atoms with Gasteiger partial charge in [-0.1, -0.05) is 19.8 Å². The van der Waals surface area contributed by atoms with Gasteiger partial charge < -0.3 is 10.5 Å². The molecule has 0 bridgehead atoms. The molecule has 0 aromatic rings. The zero-order valence-electron chi connectivity index (χ0n) is 8.87. The van der Waals surface area contributed by atoms with E-state index in [9.17, 15) is 8.42 Å². The van der Waals surface area contributed by atoms with Crippen molar-refractivity contribution in [1.82, 2.24) is 0 Å². The van der Waals surface area contributed by atoms with Gasteiger partial charge in [0.2, 0.25) is 0 Å². The average molecular weight is 223 g/mol. The van der Waals surface area contributed by atoms with Crippen LogP contribution >= 0.6 is 0 Å². The summed E-state index contributed by atoms with van der Waals surface area (Å²) in [6.07, 6.45) is 2.78. The minimum atomic E-state index is -2.90. The molecule has 5 heteroatoms. The third-order valence-corrected chi connectivity index (χ3v) is 3.56. The summed E-state index contributed by atoms with van der Waals surface area (Å²) in [5.74, 6) is 0.406. The van der Waals surface area contributed by atoms with E-state index in [4.69, 9.17) is 10.5 Å².